The number of amides is 6. The Balaban J connectivity index is 1.56. The van der Waals surface area contributed by atoms with Crippen LogP contribution in [0.5, 0.6) is 0 Å². The van der Waals surface area contributed by atoms with Crippen LogP contribution in [-0.2, 0) is 48.0 Å². The molecule has 5 rings (SSSR count). The molecule has 2 aliphatic rings. The Morgan fingerprint density at radius 2 is 1.28 bits per heavy atom. The van der Waals surface area contributed by atoms with E-state index < -0.39 is 60.1 Å². The largest absolute Gasteiger partial charge is 0.368 e. The normalized spacial score (nSPS) is 20.3. The molecule has 12 nitrogen and oxygen atoms in total. The minimum absolute atomic E-state index is 0.0713. The first-order valence-corrected chi connectivity index (χ1v) is 15.1. The zero-order valence-corrected chi connectivity index (χ0v) is 25.3. The molecule has 3 aromatic carbocycles. The summed E-state index contributed by atoms with van der Waals surface area (Å²) in [6.07, 6.45) is 0.623. The van der Waals surface area contributed by atoms with Crippen molar-refractivity contribution in [2.75, 3.05) is 11.9 Å². The Hall–Kier alpha value is -5.52. The quantitative estimate of drug-likeness (QED) is 0.220. The number of benzene rings is 3. The standard InChI is InChI=1S/C34H38N6O6/c35-32(44)27-19-24-11-14-25(15-12-24)37-29(41)17-18-30(42)38-26(16-13-22-7-3-1-4-8-22)33(45)36-21-31(43)39-28(34(46)40-27)20-23-9-5-2-6-10-23/h1-12,14-15,26-28H,13,16-21H2,(H2,35,44)(H,36,45)(H,37,41)(H,38,42)(H,39,43)(H,40,46)/t26-,27+,28-/m1/s1. The lowest BCUT2D eigenvalue weighted by atomic mass is 10.0. The van der Waals surface area contributed by atoms with Crippen molar-refractivity contribution in [1.29, 1.82) is 0 Å². The van der Waals surface area contributed by atoms with Crippen LogP contribution in [0.2, 0.25) is 0 Å². The molecule has 0 radical (unpaired) electrons. The van der Waals surface area contributed by atoms with Crippen LogP contribution < -0.4 is 32.3 Å². The molecule has 2 bridgehead atoms. The van der Waals surface area contributed by atoms with Crippen molar-refractivity contribution in [1.82, 2.24) is 21.3 Å². The Morgan fingerprint density at radius 1 is 0.674 bits per heavy atom. The average molecular weight is 627 g/mol. The summed E-state index contributed by atoms with van der Waals surface area (Å²) < 4.78 is 0. The topological polar surface area (TPSA) is 189 Å². The number of nitrogens with one attached hydrogen (secondary N) is 5. The van der Waals surface area contributed by atoms with Crippen molar-refractivity contribution in [3.05, 3.63) is 102 Å². The lowest BCUT2D eigenvalue weighted by molar-refractivity contribution is -0.132. The summed E-state index contributed by atoms with van der Waals surface area (Å²) in [5.41, 5.74) is 8.49. The highest BCUT2D eigenvalue weighted by Gasteiger charge is 2.27. The number of hydrogen-bond donors (Lipinski definition) is 6. The molecule has 46 heavy (non-hydrogen) atoms. The third-order valence-electron chi connectivity index (χ3n) is 7.49. The molecule has 0 saturated carbocycles. The molecule has 2 aliphatic heterocycles. The number of aryl methyl sites for hydroxylation is 1. The van der Waals surface area contributed by atoms with Crippen molar-refractivity contribution in [3.8, 4) is 0 Å². The Bertz CT molecular complexity index is 1530. The van der Waals surface area contributed by atoms with Gasteiger partial charge in [-0.3, -0.25) is 28.8 Å². The number of hydrogen-bond acceptors (Lipinski definition) is 6. The van der Waals surface area contributed by atoms with Gasteiger partial charge < -0.3 is 32.3 Å². The van der Waals surface area contributed by atoms with Gasteiger partial charge in [0.2, 0.25) is 35.4 Å². The van der Waals surface area contributed by atoms with Crippen molar-refractivity contribution >= 4 is 41.1 Å². The first-order chi connectivity index (χ1) is 22.2. The van der Waals surface area contributed by atoms with Crippen molar-refractivity contribution in [2.45, 2.75) is 56.7 Å². The van der Waals surface area contributed by atoms with Gasteiger partial charge in [-0.25, -0.2) is 0 Å². The second-order valence-electron chi connectivity index (χ2n) is 11.1. The fourth-order valence-electron chi connectivity index (χ4n) is 4.99. The number of anilines is 1. The molecule has 6 amide bonds. The maximum atomic E-state index is 13.4. The van der Waals surface area contributed by atoms with Crippen LogP contribution in [0.1, 0.15) is 36.0 Å². The molecule has 3 atom stereocenters. The van der Waals surface area contributed by atoms with Gasteiger partial charge >= 0.3 is 0 Å². The van der Waals surface area contributed by atoms with Gasteiger partial charge in [0.25, 0.3) is 0 Å². The Morgan fingerprint density at radius 3 is 1.93 bits per heavy atom. The number of carbonyl (C=O) groups excluding carboxylic acids is 6. The second kappa shape index (κ2) is 16.5. The first-order valence-electron chi connectivity index (χ1n) is 15.1. The van der Waals surface area contributed by atoms with Gasteiger partial charge in [-0.2, -0.15) is 0 Å². The van der Waals surface area contributed by atoms with Crippen LogP contribution in [0.15, 0.2) is 84.9 Å². The average Bonchev–Trinajstić information content (AvgIpc) is 3.05. The number of primary amides is 1. The van der Waals surface area contributed by atoms with E-state index in [0.717, 1.165) is 11.1 Å². The summed E-state index contributed by atoms with van der Waals surface area (Å²) in [6.45, 7) is -0.469. The lowest BCUT2D eigenvalue weighted by Crippen LogP contribution is -2.56. The van der Waals surface area contributed by atoms with Gasteiger partial charge in [-0.15, -0.1) is 0 Å². The minimum Gasteiger partial charge on any atom is -0.368 e. The van der Waals surface area contributed by atoms with E-state index in [1.807, 2.05) is 36.4 Å². The van der Waals surface area contributed by atoms with Crippen molar-refractivity contribution in [2.24, 2.45) is 5.73 Å². The maximum Gasteiger partial charge on any atom is 0.243 e. The summed E-state index contributed by atoms with van der Waals surface area (Å²) in [7, 11) is 0. The molecule has 12 heteroatoms. The van der Waals surface area contributed by atoms with E-state index in [2.05, 4.69) is 26.6 Å². The fraction of sp³-hybridized carbons (Fsp3) is 0.294. The van der Waals surface area contributed by atoms with Crippen LogP contribution in [-0.4, -0.2) is 60.1 Å². The van der Waals surface area contributed by atoms with Gasteiger partial charge in [0.05, 0.1) is 6.54 Å². The van der Waals surface area contributed by atoms with Gasteiger partial charge in [0, 0.05) is 31.4 Å². The molecule has 0 spiro atoms. The monoisotopic (exact) mass is 626 g/mol. The molecule has 0 aliphatic carbocycles. The van der Waals surface area contributed by atoms with E-state index in [9.17, 15) is 28.8 Å². The summed E-state index contributed by atoms with van der Waals surface area (Å²) in [5, 5.41) is 13.3. The SMILES string of the molecule is NC(=O)[C@@H]1Cc2ccc(cc2)NC(=O)CCC(=O)N[C@H](CCc2ccccc2)C(=O)NCC(=O)N[C@H](Cc2ccccc2)C(=O)N1. The second-order valence-corrected chi connectivity index (χ2v) is 11.1. The van der Waals surface area contributed by atoms with Gasteiger partial charge in [0.15, 0.2) is 0 Å². The highest BCUT2D eigenvalue weighted by Crippen LogP contribution is 2.13. The molecule has 7 N–H and O–H groups in total. The molecule has 0 fully saturated rings. The number of nitrogens with two attached hydrogens (primary N) is 1. The molecule has 2 heterocycles. The molecule has 0 unspecified atom stereocenters. The van der Waals surface area contributed by atoms with Crippen LogP contribution >= 0.6 is 0 Å². The van der Waals surface area contributed by atoms with E-state index in [4.69, 9.17) is 5.73 Å². The van der Waals surface area contributed by atoms with Crippen LogP contribution in [0.4, 0.5) is 5.69 Å². The lowest BCUT2D eigenvalue weighted by Gasteiger charge is -2.23. The number of fused-ring (bicyclic) bond motifs is 18. The Labute approximate surface area is 266 Å². The molecule has 3 aromatic rings. The van der Waals surface area contributed by atoms with Crippen molar-refractivity contribution < 1.29 is 28.8 Å². The fourth-order valence-corrected chi connectivity index (χ4v) is 4.99. The third kappa shape index (κ3) is 10.6. The summed E-state index contributed by atoms with van der Waals surface area (Å²) >= 11 is 0. The number of rotatable bonds is 6. The molecule has 0 saturated heterocycles. The van der Waals surface area contributed by atoms with Crippen molar-refractivity contribution in [3.63, 3.8) is 0 Å². The predicted octanol–water partition coefficient (Wildman–Crippen LogP) is 0.893. The highest BCUT2D eigenvalue weighted by molar-refractivity contribution is 5.96. The third-order valence-corrected chi connectivity index (χ3v) is 7.49. The van der Waals surface area contributed by atoms with Gasteiger partial charge in [-0.05, 0) is 41.7 Å². The summed E-state index contributed by atoms with van der Waals surface area (Å²) in [4.78, 5) is 77.4. The molecular weight excluding hydrogens is 588 g/mol. The first kappa shape index (κ1) is 33.4. The van der Waals surface area contributed by atoms with E-state index >= 15 is 0 Å². The zero-order chi connectivity index (χ0) is 32.9. The highest BCUT2D eigenvalue weighted by atomic mass is 16.2. The van der Waals surface area contributed by atoms with Crippen LogP contribution in [0, 0.1) is 0 Å². The maximum absolute atomic E-state index is 13.4. The zero-order valence-electron chi connectivity index (χ0n) is 25.3. The molecule has 240 valence electrons. The molecular formula is C34H38N6O6. The predicted molar refractivity (Wildman–Crippen MR) is 171 cm³/mol. The van der Waals surface area contributed by atoms with E-state index in [-0.39, 0.29) is 32.1 Å². The van der Waals surface area contributed by atoms with E-state index in [1.165, 1.54) is 0 Å². The van der Waals surface area contributed by atoms with E-state index in [0.29, 0.717) is 17.7 Å². The van der Waals surface area contributed by atoms with Crippen LogP contribution in [0.3, 0.4) is 0 Å². The summed E-state index contributed by atoms with van der Waals surface area (Å²) in [5.74, 6) is -3.53. The summed E-state index contributed by atoms with van der Waals surface area (Å²) in [6, 6.07) is 21.9. The van der Waals surface area contributed by atoms with Gasteiger partial charge in [-0.1, -0.05) is 72.8 Å². The van der Waals surface area contributed by atoms with Gasteiger partial charge in [0.1, 0.15) is 18.1 Å². The number of carbonyl (C=O) groups is 6. The Kier molecular flexibility index (Phi) is 12.0. The molecule has 0 aromatic heterocycles. The van der Waals surface area contributed by atoms with E-state index in [1.54, 1.807) is 48.5 Å². The smallest absolute Gasteiger partial charge is 0.243 e. The van der Waals surface area contributed by atoms with Crippen LogP contribution in [0.25, 0.3) is 0 Å². The minimum atomic E-state index is -1.09.